The van der Waals surface area contributed by atoms with Crippen LogP contribution in [0.2, 0.25) is 5.02 Å². The first-order chi connectivity index (χ1) is 10.5. The lowest BCUT2D eigenvalue weighted by molar-refractivity contribution is 0.247. The predicted octanol–water partition coefficient (Wildman–Crippen LogP) is 3.99. The van der Waals surface area contributed by atoms with Crippen molar-refractivity contribution in [2.45, 2.75) is 6.92 Å². The van der Waals surface area contributed by atoms with Crippen molar-refractivity contribution in [2.75, 3.05) is 18.5 Å². The van der Waals surface area contributed by atoms with Gasteiger partial charge in [0.05, 0.1) is 11.6 Å². The summed E-state index contributed by atoms with van der Waals surface area (Å²) in [4.78, 5) is 11.6. The minimum absolute atomic E-state index is 0.0115. The number of hydrogen-bond donors (Lipinski definition) is 2. The predicted molar refractivity (Wildman–Crippen MR) is 85.1 cm³/mol. The molecule has 116 valence electrons. The van der Waals surface area contributed by atoms with Crippen molar-refractivity contribution in [1.82, 2.24) is 5.32 Å². The van der Waals surface area contributed by atoms with Gasteiger partial charge < -0.3 is 15.4 Å². The molecule has 0 heterocycles. The number of benzene rings is 2. The number of carbonyl (C=O) groups is 1. The molecule has 0 spiro atoms. The summed E-state index contributed by atoms with van der Waals surface area (Å²) in [6, 6.07) is 11.3. The standard InChI is InChI=1S/C16H16ClFN2O2/c1-11-2-5-13(6-3-11)22-9-8-19-16(21)20-12-4-7-14(17)15(18)10-12/h2-7,10H,8-9H2,1H3,(H2,19,20,21). The Balaban J connectivity index is 1.71. The number of rotatable bonds is 5. The van der Waals surface area contributed by atoms with Crippen molar-refractivity contribution in [3.63, 3.8) is 0 Å². The topological polar surface area (TPSA) is 50.4 Å². The zero-order valence-corrected chi connectivity index (χ0v) is 12.8. The second kappa shape index (κ2) is 7.66. The zero-order chi connectivity index (χ0) is 15.9. The van der Waals surface area contributed by atoms with Gasteiger partial charge in [-0.25, -0.2) is 9.18 Å². The van der Waals surface area contributed by atoms with E-state index in [0.29, 0.717) is 18.8 Å². The summed E-state index contributed by atoms with van der Waals surface area (Å²) in [6.07, 6.45) is 0. The minimum Gasteiger partial charge on any atom is -0.492 e. The maximum absolute atomic E-state index is 13.2. The fourth-order valence-electron chi connectivity index (χ4n) is 1.72. The van der Waals surface area contributed by atoms with Gasteiger partial charge in [0.2, 0.25) is 0 Å². The molecule has 4 nitrogen and oxygen atoms in total. The molecular weight excluding hydrogens is 307 g/mol. The highest BCUT2D eigenvalue weighted by Crippen LogP contribution is 2.18. The van der Waals surface area contributed by atoms with E-state index in [0.717, 1.165) is 17.4 Å². The molecule has 0 aliphatic rings. The third-order valence-corrected chi connectivity index (χ3v) is 3.16. The number of anilines is 1. The summed E-state index contributed by atoms with van der Waals surface area (Å²) in [5.74, 6) is 0.162. The van der Waals surface area contributed by atoms with Crippen molar-refractivity contribution in [3.05, 3.63) is 58.9 Å². The smallest absolute Gasteiger partial charge is 0.319 e. The summed E-state index contributed by atoms with van der Waals surface area (Å²) in [5, 5.41) is 5.14. The Hall–Kier alpha value is -2.27. The lowest BCUT2D eigenvalue weighted by Crippen LogP contribution is -2.32. The number of halogens is 2. The molecule has 0 atom stereocenters. The van der Waals surface area contributed by atoms with Gasteiger partial charge in [0, 0.05) is 5.69 Å². The van der Waals surface area contributed by atoms with E-state index >= 15 is 0 Å². The van der Waals surface area contributed by atoms with Gasteiger partial charge in [-0.1, -0.05) is 29.3 Å². The molecule has 0 saturated carbocycles. The van der Waals surface area contributed by atoms with Crippen LogP contribution in [0.4, 0.5) is 14.9 Å². The van der Waals surface area contributed by atoms with Gasteiger partial charge >= 0.3 is 6.03 Å². The molecule has 0 bridgehead atoms. The largest absolute Gasteiger partial charge is 0.492 e. The van der Waals surface area contributed by atoms with Crippen molar-refractivity contribution >= 4 is 23.3 Å². The van der Waals surface area contributed by atoms with Crippen LogP contribution in [0.3, 0.4) is 0 Å². The van der Waals surface area contributed by atoms with Gasteiger partial charge in [0.25, 0.3) is 0 Å². The zero-order valence-electron chi connectivity index (χ0n) is 12.0. The van der Waals surface area contributed by atoms with E-state index in [-0.39, 0.29) is 5.02 Å². The fourth-order valence-corrected chi connectivity index (χ4v) is 1.83. The lowest BCUT2D eigenvalue weighted by Gasteiger charge is -2.09. The van der Waals surface area contributed by atoms with Crippen molar-refractivity contribution in [1.29, 1.82) is 0 Å². The third kappa shape index (κ3) is 4.93. The molecule has 2 aromatic rings. The molecule has 2 rings (SSSR count). The number of ether oxygens (including phenoxy) is 1. The first-order valence-electron chi connectivity index (χ1n) is 6.74. The molecule has 0 fully saturated rings. The Morgan fingerprint density at radius 1 is 1.23 bits per heavy atom. The van der Waals surface area contributed by atoms with Crippen LogP contribution >= 0.6 is 11.6 Å². The molecule has 0 aliphatic carbocycles. The highest BCUT2D eigenvalue weighted by molar-refractivity contribution is 6.30. The number of hydrogen-bond acceptors (Lipinski definition) is 2. The number of nitrogens with one attached hydrogen (secondary N) is 2. The number of amides is 2. The van der Waals surface area contributed by atoms with E-state index < -0.39 is 11.8 Å². The second-order valence-electron chi connectivity index (χ2n) is 4.67. The Morgan fingerprint density at radius 2 is 1.95 bits per heavy atom. The van der Waals surface area contributed by atoms with Gasteiger partial charge in [0.1, 0.15) is 18.2 Å². The van der Waals surface area contributed by atoms with E-state index in [4.69, 9.17) is 16.3 Å². The van der Waals surface area contributed by atoms with Crippen LogP contribution in [0.15, 0.2) is 42.5 Å². The first kappa shape index (κ1) is 16.1. The van der Waals surface area contributed by atoms with E-state index in [1.807, 2.05) is 31.2 Å². The quantitative estimate of drug-likeness (QED) is 0.818. The van der Waals surface area contributed by atoms with E-state index in [2.05, 4.69) is 10.6 Å². The molecule has 0 saturated heterocycles. The van der Waals surface area contributed by atoms with E-state index in [9.17, 15) is 9.18 Å². The van der Waals surface area contributed by atoms with Gasteiger partial charge in [-0.05, 0) is 37.3 Å². The maximum Gasteiger partial charge on any atom is 0.319 e. The third-order valence-electron chi connectivity index (χ3n) is 2.85. The molecule has 2 aromatic carbocycles. The monoisotopic (exact) mass is 322 g/mol. The van der Waals surface area contributed by atoms with Gasteiger partial charge in [0.15, 0.2) is 0 Å². The molecule has 22 heavy (non-hydrogen) atoms. The Morgan fingerprint density at radius 3 is 2.64 bits per heavy atom. The summed E-state index contributed by atoms with van der Waals surface area (Å²) >= 11 is 5.57. The maximum atomic E-state index is 13.2. The van der Waals surface area contributed by atoms with Gasteiger partial charge in [-0.3, -0.25) is 0 Å². The lowest BCUT2D eigenvalue weighted by atomic mass is 10.2. The highest BCUT2D eigenvalue weighted by atomic mass is 35.5. The van der Waals surface area contributed by atoms with Crippen LogP contribution in [-0.2, 0) is 0 Å². The first-order valence-corrected chi connectivity index (χ1v) is 7.12. The summed E-state index contributed by atoms with van der Waals surface area (Å²) in [5.41, 5.74) is 1.49. The van der Waals surface area contributed by atoms with Crippen LogP contribution in [0, 0.1) is 12.7 Å². The Labute approximate surface area is 133 Å². The molecular formula is C16H16ClFN2O2. The van der Waals surface area contributed by atoms with Gasteiger partial charge in [-0.15, -0.1) is 0 Å². The van der Waals surface area contributed by atoms with E-state index in [1.54, 1.807) is 0 Å². The normalized spacial score (nSPS) is 10.1. The minimum atomic E-state index is -0.581. The molecule has 0 aromatic heterocycles. The highest BCUT2D eigenvalue weighted by Gasteiger charge is 2.04. The number of aryl methyl sites for hydroxylation is 1. The van der Waals surface area contributed by atoms with Crippen LogP contribution in [0.1, 0.15) is 5.56 Å². The van der Waals surface area contributed by atoms with Crippen LogP contribution in [0.5, 0.6) is 5.75 Å². The van der Waals surface area contributed by atoms with Crippen molar-refractivity contribution < 1.29 is 13.9 Å². The average Bonchev–Trinajstić information content (AvgIpc) is 2.49. The van der Waals surface area contributed by atoms with Crippen LogP contribution < -0.4 is 15.4 Å². The molecule has 0 unspecified atom stereocenters. The molecule has 2 amide bonds. The summed E-state index contributed by atoms with van der Waals surface area (Å²) in [7, 11) is 0. The summed E-state index contributed by atoms with van der Waals surface area (Å²) in [6.45, 7) is 2.66. The molecule has 0 aliphatic heterocycles. The number of carbonyl (C=O) groups excluding carboxylic acids is 1. The van der Waals surface area contributed by atoms with Crippen LogP contribution in [-0.4, -0.2) is 19.2 Å². The Kier molecular flexibility index (Phi) is 5.61. The van der Waals surface area contributed by atoms with Gasteiger partial charge in [-0.2, -0.15) is 0 Å². The average molecular weight is 323 g/mol. The van der Waals surface area contributed by atoms with Crippen molar-refractivity contribution in [3.8, 4) is 5.75 Å². The summed E-state index contributed by atoms with van der Waals surface area (Å²) < 4.78 is 18.7. The molecule has 2 N–H and O–H groups in total. The second-order valence-corrected chi connectivity index (χ2v) is 5.08. The molecule has 0 radical (unpaired) electrons. The van der Waals surface area contributed by atoms with Crippen LogP contribution in [0.25, 0.3) is 0 Å². The molecule has 6 heteroatoms. The number of urea groups is 1. The van der Waals surface area contributed by atoms with Crippen molar-refractivity contribution in [2.24, 2.45) is 0 Å². The SMILES string of the molecule is Cc1ccc(OCCNC(=O)Nc2ccc(Cl)c(F)c2)cc1. The van der Waals surface area contributed by atoms with E-state index in [1.165, 1.54) is 12.1 Å². The Bertz CT molecular complexity index is 647. The fraction of sp³-hybridized carbons (Fsp3) is 0.188.